The molecule has 0 atom stereocenters. The molecular formula is C22H25N7. The minimum atomic E-state index is 0.455. The SMILES string of the molecule is CN(C)C1CCC(Nc2ncnc3ccc(-c4cnc5[nH]ncc5c4)cc23)CC1. The molecule has 4 aromatic rings. The Balaban J connectivity index is 1.44. The molecule has 5 rings (SSSR count). The fourth-order valence-electron chi connectivity index (χ4n) is 4.28. The van der Waals surface area contributed by atoms with Crippen molar-refractivity contribution in [1.82, 2.24) is 30.0 Å². The number of hydrogen-bond acceptors (Lipinski definition) is 6. The van der Waals surface area contributed by atoms with Gasteiger partial charge in [0.15, 0.2) is 5.65 Å². The van der Waals surface area contributed by atoms with Crippen LogP contribution in [0.1, 0.15) is 25.7 Å². The number of aromatic nitrogens is 5. The summed E-state index contributed by atoms with van der Waals surface area (Å²) in [5, 5.41) is 12.7. The molecule has 0 amide bonds. The van der Waals surface area contributed by atoms with E-state index in [1.807, 2.05) is 6.20 Å². The maximum atomic E-state index is 4.57. The lowest BCUT2D eigenvalue weighted by atomic mass is 9.90. The van der Waals surface area contributed by atoms with Crippen molar-refractivity contribution in [2.24, 2.45) is 0 Å². The van der Waals surface area contributed by atoms with Crippen molar-refractivity contribution >= 4 is 27.8 Å². The predicted octanol–water partition coefficient (Wildman–Crippen LogP) is 3.85. The van der Waals surface area contributed by atoms with Gasteiger partial charge >= 0.3 is 0 Å². The van der Waals surface area contributed by atoms with Crippen molar-refractivity contribution in [3.63, 3.8) is 0 Å². The van der Waals surface area contributed by atoms with Gasteiger partial charge in [0.25, 0.3) is 0 Å². The van der Waals surface area contributed by atoms with E-state index < -0.39 is 0 Å². The molecule has 0 radical (unpaired) electrons. The summed E-state index contributed by atoms with van der Waals surface area (Å²) in [6.07, 6.45) is 10.1. The summed E-state index contributed by atoms with van der Waals surface area (Å²) in [5.41, 5.74) is 3.91. The van der Waals surface area contributed by atoms with Gasteiger partial charge in [-0.2, -0.15) is 5.10 Å². The molecule has 3 aromatic heterocycles. The normalized spacial score (nSPS) is 19.8. The quantitative estimate of drug-likeness (QED) is 0.553. The van der Waals surface area contributed by atoms with E-state index >= 15 is 0 Å². The highest BCUT2D eigenvalue weighted by Crippen LogP contribution is 2.30. The van der Waals surface area contributed by atoms with E-state index in [4.69, 9.17) is 0 Å². The average molecular weight is 387 g/mol. The van der Waals surface area contributed by atoms with E-state index in [1.165, 1.54) is 12.8 Å². The highest BCUT2D eigenvalue weighted by Gasteiger charge is 2.23. The van der Waals surface area contributed by atoms with Crippen molar-refractivity contribution in [2.75, 3.05) is 19.4 Å². The summed E-state index contributed by atoms with van der Waals surface area (Å²) in [6.45, 7) is 0. The Labute approximate surface area is 169 Å². The molecule has 0 unspecified atom stereocenters. The van der Waals surface area contributed by atoms with Crippen molar-refractivity contribution in [2.45, 2.75) is 37.8 Å². The highest BCUT2D eigenvalue weighted by molar-refractivity contribution is 5.93. The third kappa shape index (κ3) is 3.53. The number of benzene rings is 1. The first kappa shape index (κ1) is 18.0. The van der Waals surface area contributed by atoms with Gasteiger partial charge in [-0.3, -0.25) is 5.10 Å². The van der Waals surface area contributed by atoms with Crippen LogP contribution >= 0.6 is 0 Å². The Morgan fingerprint density at radius 3 is 2.66 bits per heavy atom. The molecule has 0 saturated heterocycles. The molecule has 2 N–H and O–H groups in total. The number of pyridine rings is 1. The standard InChI is InChI=1S/C22H25N7/c1-29(2)18-6-4-17(5-7-18)27-22-19-10-14(3-8-20(19)24-13-25-22)15-9-16-12-26-28-21(16)23-11-15/h3,8-13,17-18H,4-7H2,1-2H3,(H,23,26,28)(H,24,25,27). The van der Waals surface area contributed by atoms with E-state index in [0.29, 0.717) is 12.1 Å². The molecule has 148 valence electrons. The molecule has 1 aromatic carbocycles. The summed E-state index contributed by atoms with van der Waals surface area (Å²) >= 11 is 0. The summed E-state index contributed by atoms with van der Waals surface area (Å²) in [6, 6.07) is 9.55. The number of nitrogens with zero attached hydrogens (tertiary/aromatic N) is 5. The Hall–Kier alpha value is -3.06. The molecule has 0 bridgehead atoms. The van der Waals surface area contributed by atoms with Gasteiger partial charge in [0.2, 0.25) is 0 Å². The first-order valence-corrected chi connectivity index (χ1v) is 10.1. The fraction of sp³-hybridized carbons (Fsp3) is 0.364. The Morgan fingerprint density at radius 2 is 1.83 bits per heavy atom. The van der Waals surface area contributed by atoms with Crippen LogP contribution in [0.4, 0.5) is 5.82 Å². The number of hydrogen-bond donors (Lipinski definition) is 2. The molecule has 1 fully saturated rings. The highest BCUT2D eigenvalue weighted by atomic mass is 15.1. The molecule has 7 nitrogen and oxygen atoms in total. The van der Waals surface area contributed by atoms with E-state index in [2.05, 4.69) is 73.7 Å². The van der Waals surface area contributed by atoms with Crippen LogP contribution in [0.3, 0.4) is 0 Å². The van der Waals surface area contributed by atoms with Crippen LogP contribution in [0.15, 0.2) is 43.0 Å². The van der Waals surface area contributed by atoms with E-state index in [0.717, 1.165) is 51.7 Å². The summed E-state index contributed by atoms with van der Waals surface area (Å²) in [4.78, 5) is 15.8. The van der Waals surface area contributed by atoms with Gasteiger partial charge < -0.3 is 10.2 Å². The molecule has 3 heterocycles. The second-order valence-electron chi connectivity index (χ2n) is 8.10. The first-order chi connectivity index (χ1) is 14.2. The van der Waals surface area contributed by atoms with Gasteiger partial charge in [0.1, 0.15) is 12.1 Å². The minimum absolute atomic E-state index is 0.455. The first-order valence-electron chi connectivity index (χ1n) is 10.1. The number of fused-ring (bicyclic) bond motifs is 2. The number of anilines is 1. The summed E-state index contributed by atoms with van der Waals surface area (Å²) in [7, 11) is 4.35. The van der Waals surface area contributed by atoms with Gasteiger partial charge in [0, 0.05) is 34.6 Å². The van der Waals surface area contributed by atoms with Gasteiger partial charge in [0.05, 0.1) is 11.7 Å². The zero-order valence-electron chi connectivity index (χ0n) is 16.8. The summed E-state index contributed by atoms with van der Waals surface area (Å²) < 4.78 is 0. The van der Waals surface area contributed by atoms with Crippen LogP contribution < -0.4 is 5.32 Å². The number of H-pyrrole nitrogens is 1. The van der Waals surface area contributed by atoms with E-state index in [9.17, 15) is 0 Å². The van der Waals surface area contributed by atoms with Gasteiger partial charge in [-0.1, -0.05) is 6.07 Å². The Bertz CT molecular complexity index is 1140. The van der Waals surface area contributed by atoms with Crippen LogP contribution in [-0.2, 0) is 0 Å². The maximum Gasteiger partial charge on any atom is 0.155 e. The number of aromatic amines is 1. The van der Waals surface area contributed by atoms with Crippen LogP contribution in [0.5, 0.6) is 0 Å². The second kappa shape index (κ2) is 7.40. The zero-order valence-corrected chi connectivity index (χ0v) is 16.8. The second-order valence-corrected chi connectivity index (χ2v) is 8.10. The largest absolute Gasteiger partial charge is 0.367 e. The number of rotatable bonds is 4. The minimum Gasteiger partial charge on any atom is -0.367 e. The lowest BCUT2D eigenvalue weighted by Gasteiger charge is -2.33. The third-order valence-electron chi connectivity index (χ3n) is 6.03. The predicted molar refractivity (Wildman–Crippen MR) is 116 cm³/mol. The monoisotopic (exact) mass is 387 g/mol. The fourth-order valence-corrected chi connectivity index (χ4v) is 4.28. The topological polar surface area (TPSA) is 82.6 Å². The summed E-state index contributed by atoms with van der Waals surface area (Å²) in [5.74, 6) is 0.919. The van der Waals surface area contributed by atoms with Gasteiger partial charge in [-0.25, -0.2) is 15.0 Å². The molecule has 7 heteroatoms. The lowest BCUT2D eigenvalue weighted by molar-refractivity contribution is 0.221. The molecular weight excluding hydrogens is 362 g/mol. The molecule has 1 aliphatic carbocycles. The van der Waals surface area contributed by atoms with Crippen LogP contribution in [-0.4, -0.2) is 56.2 Å². The van der Waals surface area contributed by atoms with E-state index in [1.54, 1.807) is 12.5 Å². The van der Waals surface area contributed by atoms with Crippen molar-refractivity contribution in [3.8, 4) is 11.1 Å². The molecule has 1 saturated carbocycles. The third-order valence-corrected chi connectivity index (χ3v) is 6.03. The van der Waals surface area contributed by atoms with Gasteiger partial charge in [-0.05, 0) is 63.5 Å². The Kier molecular flexibility index (Phi) is 4.60. The van der Waals surface area contributed by atoms with Gasteiger partial charge in [-0.15, -0.1) is 0 Å². The van der Waals surface area contributed by atoms with Crippen molar-refractivity contribution in [1.29, 1.82) is 0 Å². The lowest BCUT2D eigenvalue weighted by Crippen LogP contribution is -2.36. The Morgan fingerprint density at radius 1 is 0.966 bits per heavy atom. The molecule has 0 spiro atoms. The van der Waals surface area contributed by atoms with Crippen LogP contribution in [0, 0.1) is 0 Å². The van der Waals surface area contributed by atoms with Crippen LogP contribution in [0.2, 0.25) is 0 Å². The number of nitrogens with one attached hydrogen (secondary N) is 2. The maximum absolute atomic E-state index is 4.57. The smallest absolute Gasteiger partial charge is 0.155 e. The molecule has 1 aliphatic rings. The molecule has 29 heavy (non-hydrogen) atoms. The zero-order chi connectivity index (χ0) is 19.8. The van der Waals surface area contributed by atoms with Crippen LogP contribution in [0.25, 0.3) is 33.1 Å². The van der Waals surface area contributed by atoms with Crippen molar-refractivity contribution < 1.29 is 0 Å². The molecule has 0 aliphatic heterocycles. The van der Waals surface area contributed by atoms with E-state index in [-0.39, 0.29) is 0 Å². The van der Waals surface area contributed by atoms with Crippen molar-refractivity contribution in [3.05, 3.63) is 43.0 Å². The average Bonchev–Trinajstić information content (AvgIpc) is 3.22.